The number of furan rings is 1. The van der Waals surface area contributed by atoms with Crippen molar-refractivity contribution >= 4 is 21.9 Å². The normalized spacial score (nSPS) is 12.2. The molecule has 144 valence electrons. The molecule has 1 atom stereocenters. The molecular formula is C18H20N2O6S. The minimum Gasteiger partial charge on any atom is -0.468 e. The van der Waals surface area contributed by atoms with Crippen molar-refractivity contribution < 1.29 is 27.2 Å². The van der Waals surface area contributed by atoms with Crippen molar-refractivity contribution in [1.29, 1.82) is 0 Å². The van der Waals surface area contributed by atoms with E-state index in [9.17, 15) is 18.0 Å². The summed E-state index contributed by atoms with van der Waals surface area (Å²) in [5.74, 6) is -0.833. The minimum absolute atomic E-state index is 0.0132. The summed E-state index contributed by atoms with van der Waals surface area (Å²) >= 11 is 0. The third kappa shape index (κ3) is 5.80. The van der Waals surface area contributed by atoms with E-state index in [4.69, 9.17) is 9.15 Å². The van der Waals surface area contributed by atoms with Crippen LogP contribution in [0.15, 0.2) is 64.6 Å². The van der Waals surface area contributed by atoms with Crippen LogP contribution in [-0.2, 0) is 26.1 Å². The predicted octanol–water partition coefficient (Wildman–Crippen LogP) is 1.61. The van der Waals surface area contributed by atoms with Gasteiger partial charge in [-0.25, -0.2) is 17.9 Å². The van der Waals surface area contributed by atoms with E-state index in [1.807, 2.05) is 0 Å². The summed E-state index contributed by atoms with van der Waals surface area (Å²) in [6, 6.07) is 8.63. The SMILES string of the molecule is C=CCNC(=O)[C@H](C)OC(=O)c1cccc(S(=O)(=O)NCc2ccco2)c1. The lowest BCUT2D eigenvalue weighted by molar-refractivity contribution is -0.128. The quantitative estimate of drug-likeness (QED) is 0.495. The number of benzene rings is 1. The molecule has 2 aromatic rings. The van der Waals surface area contributed by atoms with Crippen molar-refractivity contribution in [1.82, 2.24) is 10.0 Å². The third-order valence-corrected chi connectivity index (χ3v) is 4.87. The fourth-order valence-corrected chi connectivity index (χ4v) is 3.09. The highest BCUT2D eigenvalue weighted by Gasteiger charge is 2.21. The molecular weight excluding hydrogens is 372 g/mol. The van der Waals surface area contributed by atoms with Crippen LogP contribution in [-0.4, -0.2) is 32.9 Å². The van der Waals surface area contributed by atoms with E-state index in [1.54, 1.807) is 12.1 Å². The average molecular weight is 392 g/mol. The molecule has 0 bridgehead atoms. The Balaban J connectivity index is 2.05. The second kappa shape index (κ2) is 9.15. The smallest absolute Gasteiger partial charge is 0.338 e. The highest BCUT2D eigenvalue weighted by molar-refractivity contribution is 7.89. The van der Waals surface area contributed by atoms with E-state index in [2.05, 4.69) is 16.6 Å². The van der Waals surface area contributed by atoms with Gasteiger partial charge < -0.3 is 14.5 Å². The molecule has 0 aliphatic heterocycles. The van der Waals surface area contributed by atoms with E-state index in [1.165, 1.54) is 43.5 Å². The van der Waals surface area contributed by atoms with Crippen LogP contribution in [0.2, 0.25) is 0 Å². The van der Waals surface area contributed by atoms with Crippen LogP contribution in [0, 0.1) is 0 Å². The fraction of sp³-hybridized carbons (Fsp3) is 0.222. The highest BCUT2D eigenvalue weighted by Crippen LogP contribution is 2.14. The Kier molecular flexibility index (Phi) is 6.91. The van der Waals surface area contributed by atoms with E-state index in [-0.39, 0.29) is 23.5 Å². The molecule has 1 amide bonds. The van der Waals surface area contributed by atoms with E-state index in [0.29, 0.717) is 5.76 Å². The zero-order chi connectivity index (χ0) is 19.9. The molecule has 0 aliphatic carbocycles. The maximum Gasteiger partial charge on any atom is 0.338 e. The molecule has 0 unspecified atom stereocenters. The molecule has 27 heavy (non-hydrogen) atoms. The van der Waals surface area contributed by atoms with Gasteiger partial charge in [0.15, 0.2) is 6.10 Å². The second-order valence-corrected chi connectivity index (χ2v) is 7.28. The van der Waals surface area contributed by atoms with Crippen molar-refractivity contribution in [2.45, 2.75) is 24.5 Å². The summed E-state index contributed by atoms with van der Waals surface area (Å²) < 4.78 is 37.3. The van der Waals surface area contributed by atoms with Gasteiger partial charge in [0.05, 0.1) is 23.3 Å². The molecule has 0 saturated heterocycles. The Hall–Kier alpha value is -2.91. The lowest BCUT2D eigenvalue weighted by atomic mass is 10.2. The van der Waals surface area contributed by atoms with Gasteiger partial charge in [-0.3, -0.25) is 4.79 Å². The zero-order valence-corrected chi connectivity index (χ0v) is 15.5. The van der Waals surface area contributed by atoms with Gasteiger partial charge in [-0.05, 0) is 37.3 Å². The number of ether oxygens (including phenoxy) is 1. The second-order valence-electron chi connectivity index (χ2n) is 5.51. The van der Waals surface area contributed by atoms with Gasteiger partial charge in [0.2, 0.25) is 10.0 Å². The molecule has 0 saturated carbocycles. The number of sulfonamides is 1. The Morgan fingerprint density at radius 3 is 2.74 bits per heavy atom. The number of esters is 1. The number of rotatable bonds is 9. The summed E-state index contributed by atoms with van der Waals surface area (Å²) in [5.41, 5.74) is 0.0132. The summed E-state index contributed by atoms with van der Waals surface area (Å²) in [6.45, 7) is 5.11. The van der Waals surface area contributed by atoms with Crippen molar-refractivity contribution in [3.63, 3.8) is 0 Å². The number of hydrogen-bond acceptors (Lipinski definition) is 6. The Labute approximate surface area is 157 Å². The van der Waals surface area contributed by atoms with Gasteiger partial charge in [0.1, 0.15) is 5.76 Å². The molecule has 1 aromatic carbocycles. The predicted molar refractivity (Wildman–Crippen MR) is 97.3 cm³/mol. The minimum atomic E-state index is -3.86. The monoisotopic (exact) mass is 392 g/mol. The molecule has 0 radical (unpaired) electrons. The molecule has 0 aliphatic rings. The van der Waals surface area contributed by atoms with Crippen molar-refractivity contribution in [3.05, 3.63) is 66.6 Å². The van der Waals surface area contributed by atoms with Crippen LogP contribution in [0.5, 0.6) is 0 Å². The fourth-order valence-electron chi connectivity index (χ4n) is 2.05. The van der Waals surface area contributed by atoms with Gasteiger partial charge >= 0.3 is 5.97 Å². The van der Waals surface area contributed by atoms with E-state index in [0.717, 1.165) is 0 Å². The topological polar surface area (TPSA) is 115 Å². The number of amides is 1. The summed E-state index contributed by atoms with van der Waals surface area (Å²) in [5, 5.41) is 2.51. The summed E-state index contributed by atoms with van der Waals surface area (Å²) in [6.07, 6.45) is 1.90. The lowest BCUT2D eigenvalue weighted by Crippen LogP contribution is -2.35. The van der Waals surface area contributed by atoms with Gasteiger partial charge in [0.25, 0.3) is 5.91 Å². The number of carbonyl (C=O) groups is 2. The molecule has 0 spiro atoms. The molecule has 2 rings (SSSR count). The van der Waals surface area contributed by atoms with Crippen LogP contribution in [0.25, 0.3) is 0 Å². The highest BCUT2D eigenvalue weighted by atomic mass is 32.2. The Bertz CT molecular complexity index is 906. The first-order valence-electron chi connectivity index (χ1n) is 8.05. The van der Waals surface area contributed by atoms with Gasteiger partial charge in [-0.2, -0.15) is 0 Å². The zero-order valence-electron chi connectivity index (χ0n) is 14.7. The number of nitrogens with one attached hydrogen (secondary N) is 2. The average Bonchev–Trinajstić information content (AvgIpc) is 3.18. The van der Waals surface area contributed by atoms with Gasteiger partial charge in [0, 0.05) is 6.54 Å². The largest absolute Gasteiger partial charge is 0.468 e. The Morgan fingerprint density at radius 2 is 2.07 bits per heavy atom. The summed E-state index contributed by atoms with van der Waals surface area (Å²) in [7, 11) is -3.86. The van der Waals surface area contributed by atoms with E-state index >= 15 is 0 Å². The molecule has 1 aromatic heterocycles. The van der Waals surface area contributed by atoms with E-state index < -0.39 is 28.0 Å². The number of carbonyl (C=O) groups excluding carboxylic acids is 2. The molecule has 2 N–H and O–H groups in total. The van der Waals surface area contributed by atoms with Crippen molar-refractivity contribution in [3.8, 4) is 0 Å². The molecule has 0 fully saturated rings. The maximum absolute atomic E-state index is 12.4. The van der Waals surface area contributed by atoms with Crippen molar-refractivity contribution in [2.75, 3.05) is 6.54 Å². The first-order chi connectivity index (χ1) is 12.8. The van der Waals surface area contributed by atoms with Gasteiger partial charge in [-0.15, -0.1) is 6.58 Å². The van der Waals surface area contributed by atoms with Crippen LogP contribution in [0.3, 0.4) is 0 Å². The van der Waals surface area contributed by atoms with Crippen molar-refractivity contribution in [2.24, 2.45) is 0 Å². The number of hydrogen-bond donors (Lipinski definition) is 2. The third-order valence-electron chi connectivity index (χ3n) is 3.47. The molecule has 1 heterocycles. The summed E-state index contributed by atoms with van der Waals surface area (Å²) in [4.78, 5) is 23.8. The van der Waals surface area contributed by atoms with Gasteiger partial charge in [-0.1, -0.05) is 12.1 Å². The van der Waals surface area contributed by atoms with Crippen LogP contribution >= 0.6 is 0 Å². The first-order valence-corrected chi connectivity index (χ1v) is 9.53. The lowest BCUT2D eigenvalue weighted by Gasteiger charge is -2.13. The molecule has 9 heteroatoms. The first kappa shape index (κ1) is 20.4. The van der Waals surface area contributed by atoms with Crippen LogP contribution in [0.1, 0.15) is 23.0 Å². The Morgan fingerprint density at radius 1 is 1.30 bits per heavy atom. The standard InChI is InChI=1S/C18H20N2O6S/c1-3-9-19-17(21)13(2)26-18(22)14-6-4-8-16(11-14)27(23,24)20-12-15-7-5-10-25-15/h3-8,10-11,13,20H,1,9,12H2,2H3,(H,19,21)/t13-/m0/s1. The van der Waals surface area contributed by atoms with Crippen LogP contribution in [0.4, 0.5) is 0 Å². The molecule has 8 nitrogen and oxygen atoms in total. The maximum atomic E-state index is 12.4. The van der Waals surface area contributed by atoms with Crippen LogP contribution < -0.4 is 10.0 Å².